The standard InChI is InChI=1S/C17H23N3/c1-19-16-5-3-2-4-14(16)15-12-13(6-7-17(15)19)20-10-8-18-9-11-20/h6-7,12,18H,2-5,8-11H2,1H3. The number of rotatable bonds is 1. The van der Waals surface area contributed by atoms with Crippen LogP contribution in [0.3, 0.4) is 0 Å². The van der Waals surface area contributed by atoms with Gasteiger partial charge in [0, 0.05) is 55.5 Å². The summed E-state index contributed by atoms with van der Waals surface area (Å²) in [6.07, 6.45) is 5.22. The first kappa shape index (κ1) is 12.3. The lowest BCUT2D eigenvalue weighted by atomic mass is 9.95. The van der Waals surface area contributed by atoms with Gasteiger partial charge in [-0.3, -0.25) is 0 Å². The third kappa shape index (κ3) is 1.84. The van der Waals surface area contributed by atoms with Crippen molar-refractivity contribution in [3.63, 3.8) is 0 Å². The Bertz CT molecular complexity index is 635. The maximum Gasteiger partial charge on any atom is 0.0484 e. The molecule has 0 bridgehead atoms. The third-order valence-corrected chi connectivity index (χ3v) is 4.99. The minimum absolute atomic E-state index is 1.10. The van der Waals surface area contributed by atoms with Crippen LogP contribution in [0.25, 0.3) is 10.9 Å². The topological polar surface area (TPSA) is 20.2 Å². The summed E-state index contributed by atoms with van der Waals surface area (Å²) < 4.78 is 2.42. The number of piperazine rings is 1. The van der Waals surface area contributed by atoms with Crippen LogP contribution in [-0.2, 0) is 19.9 Å². The predicted molar refractivity (Wildman–Crippen MR) is 84.6 cm³/mol. The van der Waals surface area contributed by atoms with E-state index in [9.17, 15) is 0 Å². The molecule has 0 atom stereocenters. The molecule has 0 amide bonds. The number of hydrogen-bond donors (Lipinski definition) is 1. The second kappa shape index (κ2) is 4.81. The maximum absolute atomic E-state index is 3.43. The van der Waals surface area contributed by atoms with Crippen molar-refractivity contribution in [1.29, 1.82) is 0 Å². The van der Waals surface area contributed by atoms with Crippen LogP contribution in [0.1, 0.15) is 24.1 Å². The summed E-state index contributed by atoms with van der Waals surface area (Å²) in [6.45, 7) is 4.46. The van der Waals surface area contributed by atoms with E-state index in [-0.39, 0.29) is 0 Å². The number of aryl methyl sites for hydroxylation is 2. The molecule has 2 aromatic rings. The van der Waals surface area contributed by atoms with Crippen molar-refractivity contribution in [3.8, 4) is 0 Å². The van der Waals surface area contributed by atoms with Crippen LogP contribution in [0, 0.1) is 0 Å². The summed E-state index contributed by atoms with van der Waals surface area (Å²) >= 11 is 0. The normalized spacial score (nSPS) is 19.4. The summed E-state index contributed by atoms with van der Waals surface area (Å²) in [5, 5.41) is 4.93. The number of benzene rings is 1. The monoisotopic (exact) mass is 269 g/mol. The molecule has 20 heavy (non-hydrogen) atoms. The number of fused-ring (bicyclic) bond motifs is 3. The van der Waals surface area contributed by atoms with Gasteiger partial charge in [-0.25, -0.2) is 0 Å². The molecule has 0 saturated carbocycles. The highest BCUT2D eigenvalue weighted by molar-refractivity contribution is 5.89. The summed E-state index contributed by atoms with van der Waals surface area (Å²) in [5.41, 5.74) is 6.00. The first-order chi connectivity index (χ1) is 9.84. The molecule has 1 fully saturated rings. The highest BCUT2D eigenvalue weighted by Crippen LogP contribution is 2.33. The smallest absolute Gasteiger partial charge is 0.0484 e. The quantitative estimate of drug-likeness (QED) is 0.858. The van der Waals surface area contributed by atoms with E-state index in [1.807, 2.05) is 0 Å². The lowest BCUT2D eigenvalue weighted by Gasteiger charge is -2.29. The Hall–Kier alpha value is -1.48. The molecule has 2 heterocycles. The molecule has 1 aliphatic carbocycles. The molecule has 1 aromatic carbocycles. The second-order valence-electron chi connectivity index (χ2n) is 6.13. The summed E-state index contributed by atoms with van der Waals surface area (Å²) in [5.74, 6) is 0. The van der Waals surface area contributed by atoms with Crippen molar-refractivity contribution < 1.29 is 0 Å². The molecule has 1 aliphatic heterocycles. The Labute approximate surface area is 120 Å². The number of nitrogens with one attached hydrogen (secondary N) is 1. The van der Waals surface area contributed by atoms with Crippen molar-refractivity contribution in [2.24, 2.45) is 7.05 Å². The van der Waals surface area contributed by atoms with Crippen molar-refractivity contribution in [2.75, 3.05) is 31.1 Å². The Morgan fingerprint density at radius 3 is 2.70 bits per heavy atom. The minimum Gasteiger partial charge on any atom is -0.369 e. The molecule has 3 nitrogen and oxygen atoms in total. The molecule has 0 unspecified atom stereocenters. The molecule has 1 N–H and O–H groups in total. The summed E-state index contributed by atoms with van der Waals surface area (Å²) in [6, 6.07) is 7.06. The van der Waals surface area contributed by atoms with Gasteiger partial charge in [-0.15, -0.1) is 0 Å². The fraction of sp³-hybridized carbons (Fsp3) is 0.529. The van der Waals surface area contributed by atoms with E-state index in [1.165, 1.54) is 42.3 Å². The molecule has 4 rings (SSSR count). The molecule has 1 saturated heterocycles. The largest absolute Gasteiger partial charge is 0.369 e. The Balaban J connectivity index is 1.82. The summed E-state index contributed by atoms with van der Waals surface area (Å²) in [7, 11) is 2.23. The van der Waals surface area contributed by atoms with Gasteiger partial charge in [-0.1, -0.05) is 0 Å². The maximum atomic E-state index is 3.43. The molecule has 0 spiro atoms. The average molecular weight is 269 g/mol. The van der Waals surface area contributed by atoms with Crippen LogP contribution in [0.2, 0.25) is 0 Å². The molecule has 2 aliphatic rings. The van der Waals surface area contributed by atoms with Gasteiger partial charge in [0.05, 0.1) is 0 Å². The number of anilines is 1. The molecular weight excluding hydrogens is 246 g/mol. The van der Waals surface area contributed by atoms with Crippen LogP contribution >= 0.6 is 0 Å². The molecule has 3 heteroatoms. The first-order valence-corrected chi connectivity index (χ1v) is 7.90. The lowest BCUT2D eigenvalue weighted by molar-refractivity contribution is 0.589. The van der Waals surface area contributed by atoms with E-state index in [0.717, 1.165) is 26.2 Å². The zero-order chi connectivity index (χ0) is 13.5. The molecule has 106 valence electrons. The number of nitrogens with zero attached hydrogens (tertiary/aromatic N) is 2. The van der Waals surface area contributed by atoms with E-state index in [0.29, 0.717) is 0 Å². The van der Waals surface area contributed by atoms with Gasteiger partial charge in [0.15, 0.2) is 0 Å². The third-order valence-electron chi connectivity index (χ3n) is 4.99. The Morgan fingerprint density at radius 1 is 1.05 bits per heavy atom. The second-order valence-corrected chi connectivity index (χ2v) is 6.13. The highest BCUT2D eigenvalue weighted by Gasteiger charge is 2.19. The van der Waals surface area contributed by atoms with Gasteiger partial charge < -0.3 is 14.8 Å². The van der Waals surface area contributed by atoms with E-state index in [4.69, 9.17) is 0 Å². The zero-order valence-electron chi connectivity index (χ0n) is 12.3. The van der Waals surface area contributed by atoms with Crippen molar-refractivity contribution in [1.82, 2.24) is 9.88 Å². The summed E-state index contributed by atoms with van der Waals surface area (Å²) in [4.78, 5) is 2.51. The fourth-order valence-electron chi connectivity index (χ4n) is 3.87. The fourth-order valence-corrected chi connectivity index (χ4v) is 3.87. The van der Waals surface area contributed by atoms with Crippen molar-refractivity contribution in [3.05, 3.63) is 29.5 Å². The number of hydrogen-bond acceptors (Lipinski definition) is 2. The SMILES string of the molecule is Cn1c2c(c3cc(N4CCNCC4)ccc31)CCCC2. The molecule has 0 radical (unpaired) electrons. The van der Waals surface area contributed by atoms with Crippen molar-refractivity contribution in [2.45, 2.75) is 25.7 Å². The van der Waals surface area contributed by atoms with E-state index >= 15 is 0 Å². The molecule has 1 aromatic heterocycles. The van der Waals surface area contributed by atoms with E-state index < -0.39 is 0 Å². The van der Waals surface area contributed by atoms with E-state index in [1.54, 1.807) is 11.3 Å². The van der Waals surface area contributed by atoms with Gasteiger partial charge in [0.2, 0.25) is 0 Å². The average Bonchev–Trinajstić information content (AvgIpc) is 2.81. The van der Waals surface area contributed by atoms with E-state index in [2.05, 4.69) is 40.0 Å². The molecular formula is C17H23N3. The highest BCUT2D eigenvalue weighted by atomic mass is 15.2. The Morgan fingerprint density at radius 2 is 1.85 bits per heavy atom. The van der Waals surface area contributed by atoms with Crippen LogP contribution in [0.4, 0.5) is 5.69 Å². The zero-order valence-corrected chi connectivity index (χ0v) is 12.3. The van der Waals surface area contributed by atoms with Gasteiger partial charge in [-0.05, 0) is 49.4 Å². The Kier molecular flexibility index (Phi) is 2.95. The van der Waals surface area contributed by atoms with Crippen LogP contribution in [0.5, 0.6) is 0 Å². The lowest BCUT2D eigenvalue weighted by Crippen LogP contribution is -2.43. The van der Waals surface area contributed by atoms with Crippen LogP contribution in [-0.4, -0.2) is 30.7 Å². The van der Waals surface area contributed by atoms with Gasteiger partial charge in [-0.2, -0.15) is 0 Å². The van der Waals surface area contributed by atoms with Gasteiger partial charge in [0.1, 0.15) is 0 Å². The van der Waals surface area contributed by atoms with Crippen molar-refractivity contribution >= 4 is 16.6 Å². The van der Waals surface area contributed by atoms with Crippen LogP contribution in [0.15, 0.2) is 18.2 Å². The number of aromatic nitrogens is 1. The van der Waals surface area contributed by atoms with Crippen LogP contribution < -0.4 is 10.2 Å². The first-order valence-electron chi connectivity index (χ1n) is 7.90. The van der Waals surface area contributed by atoms with Gasteiger partial charge >= 0.3 is 0 Å². The van der Waals surface area contributed by atoms with Gasteiger partial charge in [0.25, 0.3) is 0 Å². The predicted octanol–water partition coefficient (Wildman–Crippen LogP) is 2.47. The minimum atomic E-state index is 1.10.